The van der Waals surface area contributed by atoms with E-state index in [-0.39, 0.29) is 23.6 Å². The number of carbonyl (C=O) groups excluding carboxylic acids is 2. The number of aliphatic imine (C=N–C) groups is 1. The molecule has 3 aromatic carbocycles. The zero-order chi connectivity index (χ0) is 30.9. The maximum Gasteiger partial charge on any atom is 0.351 e. The van der Waals surface area contributed by atoms with Gasteiger partial charge in [0.1, 0.15) is 5.78 Å². The molecule has 3 aromatic rings. The number of hydrogen-bond acceptors (Lipinski definition) is 6. The van der Waals surface area contributed by atoms with Crippen molar-refractivity contribution in [3.8, 4) is 0 Å². The van der Waals surface area contributed by atoms with Crippen molar-refractivity contribution in [1.29, 1.82) is 0 Å². The van der Waals surface area contributed by atoms with Gasteiger partial charge in [-0.05, 0) is 41.3 Å². The molecule has 3 rings (SSSR count). The second-order valence-electron chi connectivity index (χ2n) is 9.78. The molecule has 2 amide bonds. The molecular formula is C29H34N5O7P. The van der Waals surface area contributed by atoms with Gasteiger partial charge in [0.15, 0.2) is 12.1 Å². The number of hydrogen-bond donors (Lipinski definition) is 6. The van der Waals surface area contributed by atoms with E-state index in [2.05, 4.69) is 15.6 Å². The molecule has 0 aromatic heterocycles. The van der Waals surface area contributed by atoms with Gasteiger partial charge in [0.05, 0.1) is 18.2 Å². The van der Waals surface area contributed by atoms with Crippen LogP contribution in [-0.2, 0) is 18.7 Å². The Balaban J connectivity index is 1.81. The fourth-order valence-corrected chi connectivity index (χ4v) is 5.88. The van der Waals surface area contributed by atoms with Crippen LogP contribution in [0.5, 0.6) is 0 Å². The van der Waals surface area contributed by atoms with E-state index in [0.717, 1.165) is 0 Å². The lowest BCUT2D eigenvalue weighted by Crippen LogP contribution is -2.41. The molecule has 0 aliphatic carbocycles. The summed E-state index contributed by atoms with van der Waals surface area (Å²) in [6, 6.07) is 22.2. The first kappa shape index (κ1) is 32.0. The Kier molecular flexibility index (Phi) is 11.0. The molecular weight excluding hydrogens is 561 g/mol. The highest BCUT2D eigenvalue weighted by atomic mass is 31.2. The van der Waals surface area contributed by atoms with Crippen LogP contribution < -0.4 is 22.1 Å². The predicted octanol–water partition coefficient (Wildman–Crippen LogP) is 3.58. The smallest absolute Gasteiger partial charge is 0.351 e. The van der Waals surface area contributed by atoms with E-state index in [9.17, 15) is 28.9 Å². The fourth-order valence-electron chi connectivity index (χ4n) is 4.17. The molecule has 8 N–H and O–H groups in total. The zero-order valence-corrected chi connectivity index (χ0v) is 24.0. The third kappa shape index (κ3) is 9.00. The van der Waals surface area contributed by atoms with Gasteiger partial charge in [-0.1, -0.05) is 74.5 Å². The van der Waals surface area contributed by atoms with Crippen molar-refractivity contribution >= 4 is 37.0 Å². The number of carbonyl (C=O) groups is 3. The van der Waals surface area contributed by atoms with E-state index in [4.69, 9.17) is 16.0 Å². The van der Waals surface area contributed by atoms with Gasteiger partial charge < -0.3 is 32.1 Å². The van der Waals surface area contributed by atoms with Crippen molar-refractivity contribution < 1.29 is 33.5 Å². The minimum absolute atomic E-state index is 0.0147. The lowest BCUT2D eigenvalue weighted by Gasteiger charge is -2.29. The number of benzene rings is 3. The largest absolute Gasteiger partial charge is 0.479 e. The predicted molar refractivity (Wildman–Crippen MR) is 158 cm³/mol. The number of nitrogens with one attached hydrogen (secondary N) is 2. The maximum atomic E-state index is 13.5. The number of carboxylic acids is 1. The van der Waals surface area contributed by atoms with Crippen molar-refractivity contribution in [2.45, 2.75) is 38.2 Å². The van der Waals surface area contributed by atoms with Crippen LogP contribution in [0.15, 0.2) is 89.9 Å². The highest BCUT2D eigenvalue weighted by Crippen LogP contribution is 2.53. The number of guanidine groups is 1. The van der Waals surface area contributed by atoms with Gasteiger partial charge in [0.2, 0.25) is 5.91 Å². The van der Waals surface area contributed by atoms with Crippen molar-refractivity contribution in [3.63, 3.8) is 0 Å². The van der Waals surface area contributed by atoms with Crippen LogP contribution in [0.1, 0.15) is 53.9 Å². The van der Waals surface area contributed by atoms with E-state index < -0.39 is 49.2 Å². The lowest BCUT2D eigenvalue weighted by atomic mass is 10.0. The summed E-state index contributed by atoms with van der Waals surface area (Å²) in [6.45, 7) is 3.16. The Bertz CT molecular complexity index is 1460. The van der Waals surface area contributed by atoms with Crippen LogP contribution in [0.3, 0.4) is 0 Å². The number of aliphatic carboxylic acids is 1. The van der Waals surface area contributed by atoms with Gasteiger partial charge in [0.25, 0.3) is 5.91 Å². The highest BCUT2D eigenvalue weighted by Gasteiger charge is 2.41. The Morgan fingerprint density at radius 1 is 0.905 bits per heavy atom. The maximum absolute atomic E-state index is 13.5. The molecule has 12 nitrogen and oxygen atoms in total. The molecule has 0 spiro atoms. The standard InChI is InChI=1S/C29H34N5O7P/c1-18(2)27(42(39,40)41-25(28(37)38)21-14-9-15-22(16-21)32-29(30)31)34-24(35)17-23(19-10-5-3-6-11-19)33-26(36)20-12-7-4-8-13-20/h3-16,18,23,25,27H,17H2,1-2H3,(H,33,36)(H,34,35)(H,37,38)(H,39,40)(H4,30,31,32). The Morgan fingerprint density at radius 3 is 2.07 bits per heavy atom. The molecule has 13 heteroatoms. The van der Waals surface area contributed by atoms with Crippen LogP contribution in [-0.4, -0.2) is 39.5 Å². The third-order valence-corrected chi connectivity index (χ3v) is 8.08. The van der Waals surface area contributed by atoms with E-state index in [1.165, 1.54) is 24.3 Å². The molecule has 222 valence electrons. The SMILES string of the molecule is CC(C)C(NC(=O)CC(NC(=O)c1ccccc1)c1ccccc1)P(=O)(O)OC(C(=O)O)c1cccc(N=C(N)N)c1. The van der Waals surface area contributed by atoms with Crippen LogP contribution in [0, 0.1) is 5.92 Å². The van der Waals surface area contributed by atoms with Gasteiger partial charge in [-0.25, -0.2) is 9.79 Å². The summed E-state index contributed by atoms with van der Waals surface area (Å²) in [4.78, 5) is 53.0. The number of nitrogens with zero attached hydrogens (tertiary/aromatic N) is 1. The third-order valence-electron chi connectivity index (χ3n) is 6.14. The van der Waals surface area contributed by atoms with Crippen LogP contribution in [0.25, 0.3) is 0 Å². The number of carboxylic acid groups (broad SMARTS) is 1. The molecule has 42 heavy (non-hydrogen) atoms. The van der Waals surface area contributed by atoms with Crippen molar-refractivity contribution in [3.05, 3.63) is 102 Å². The lowest BCUT2D eigenvalue weighted by molar-refractivity contribution is -0.145. The van der Waals surface area contributed by atoms with E-state index in [1.54, 1.807) is 74.5 Å². The normalized spacial score (nSPS) is 14.6. The summed E-state index contributed by atoms with van der Waals surface area (Å²) in [5, 5.41) is 15.2. The Labute approximate surface area is 243 Å². The summed E-state index contributed by atoms with van der Waals surface area (Å²) < 4.78 is 18.8. The first-order chi connectivity index (χ1) is 19.9. The average Bonchev–Trinajstić information content (AvgIpc) is 2.94. The molecule has 0 heterocycles. The van der Waals surface area contributed by atoms with Crippen molar-refractivity contribution in [2.75, 3.05) is 0 Å². The number of amides is 2. The first-order valence-electron chi connectivity index (χ1n) is 13.0. The summed E-state index contributed by atoms with van der Waals surface area (Å²) in [7, 11) is -4.81. The molecule has 0 aliphatic heterocycles. The molecule has 0 aliphatic rings. The summed E-state index contributed by atoms with van der Waals surface area (Å²) >= 11 is 0. The topological polar surface area (TPSA) is 206 Å². The van der Waals surface area contributed by atoms with Gasteiger partial charge in [-0.3, -0.25) is 18.7 Å². The monoisotopic (exact) mass is 595 g/mol. The van der Waals surface area contributed by atoms with E-state index in [0.29, 0.717) is 11.1 Å². The number of nitrogens with two attached hydrogens (primary N) is 2. The second-order valence-corrected chi connectivity index (χ2v) is 11.7. The minimum Gasteiger partial charge on any atom is -0.479 e. The summed E-state index contributed by atoms with van der Waals surface area (Å²) in [6.07, 6.45) is -2.13. The zero-order valence-electron chi connectivity index (χ0n) is 23.1. The Hall–Kier alpha value is -4.51. The number of rotatable bonds is 13. The van der Waals surface area contributed by atoms with Gasteiger partial charge in [-0.15, -0.1) is 0 Å². The molecule has 0 saturated heterocycles. The summed E-state index contributed by atoms with van der Waals surface area (Å²) in [5.41, 5.74) is 12.1. The van der Waals surface area contributed by atoms with Crippen molar-refractivity contribution in [1.82, 2.24) is 10.6 Å². The minimum atomic E-state index is -4.81. The van der Waals surface area contributed by atoms with Gasteiger partial charge in [0, 0.05) is 5.56 Å². The van der Waals surface area contributed by atoms with Crippen LogP contribution in [0.2, 0.25) is 0 Å². The summed E-state index contributed by atoms with van der Waals surface area (Å²) in [5.74, 6) is -4.95. The van der Waals surface area contributed by atoms with E-state index >= 15 is 0 Å². The highest BCUT2D eigenvalue weighted by molar-refractivity contribution is 7.53. The molecule has 0 radical (unpaired) electrons. The average molecular weight is 596 g/mol. The molecule has 0 saturated carbocycles. The second kappa shape index (κ2) is 14.4. The first-order valence-corrected chi connectivity index (χ1v) is 14.7. The van der Waals surface area contributed by atoms with E-state index in [1.807, 2.05) is 0 Å². The quantitative estimate of drug-likeness (QED) is 0.0968. The molecule has 0 fully saturated rings. The molecule has 0 bridgehead atoms. The van der Waals surface area contributed by atoms with Crippen LogP contribution >= 0.6 is 7.60 Å². The molecule has 4 atom stereocenters. The van der Waals surface area contributed by atoms with Crippen LogP contribution in [0.4, 0.5) is 5.69 Å². The Morgan fingerprint density at radius 2 is 1.50 bits per heavy atom. The molecule has 4 unspecified atom stereocenters. The van der Waals surface area contributed by atoms with Crippen molar-refractivity contribution in [2.24, 2.45) is 22.4 Å². The van der Waals surface area contributed by atoms with Gasteiger partial charge in [-0.2, -0.15) is 0 Å². The van der Waals surface area contributed by atoms with Gasteiger partial charge >= 0.3 is 13.6 Å². The fraction of sp³-hybridized carbons (Fsp3) is 0.241.